The Morgan fingerprint density at radius 3 is 2.57 bits per heavy atom. The predicted octanol–water partition coefficient (Wildman–Crippen LogP) is 3.40. The van der Waals surface area contributed by atoms with E-state index in [4.69, 9.17) is 9.72 Å². The molecule has 1 aliphatic rings. The lowest BCUT2D eigenvalue weighted by atomic mass is 10.1. The summed E-state index contributed by atoms with van der Waals surface area (Å²) in [6.07, 6.45) is 6.76. The van der Waals surface area contributed by atoms with Crippen molar-refractivity contribution in [3.05, 3.63) is 71.9 Å². The summed E-state index contributed by atoms with van der Waals surface area (Å²) in [5.74, 6) is 7.20. The van der Waals surface area contributed by atoms with Gasteiger partial charge in [-0.05, 0) is 44.2 Å². The van der Waals surface area contributed by atoms with Gasteiger partial charge in [0.25, 0.3) is 5.91 Å². The monoisotopic (exact) mass is 491 g/mol. The molecule has 0 unspecified atom stereocenters. The van der Waals surface area contributed by atoms with Gasteiger partial charge < -0.3 is 14.5 Å². The molecule has 9 heteroatoms. The highest BCUT2D eigenvalue weighted by molar-refractivity contribution is 5.92. The first kappa shape index (κ1) is 23.8. The molecule has 1 saturated heterocycles. The van der Waals surface area contributed by atoms with Gasteiger partial charge in [-0.25, -0.2) is 14.5 Å². The van der Waals surface area contributed by atoms with Crippen molar-refractivity contribution in [1.82, 2.24) is 24.5 Å². The summed E-state index contributed by atoms with van der Waals surface area (Å²) in [5.41, 5.74) is 4.12. The van der Waals surface area contributed by atoms with Gasteiger partial charge in [-0.3, -0.25) is 4.79 Å². The normalized spacial score (nSPS) is 13.1. The summed E-state index contributed by atoms with van der Waals surface area (Å²) in [7, 11) is 0. The van der Waals surface area contributed by atoms with Crippen LogP contribution in [0.15, 0.2) is 55.1 Å². The average molecular weight is 492 g/mol. The van der Waals surface area contributed by atoms with Crippen LogP contribution in [-0.4, -0.2) is 63.2 Å². The van der Waals surface area contributed by atoms with Gasteiger partial charge in [0.2, 0.25) is 0 Å². The summed E-state index contributed by atoms with van der Waals surface area (Å²) < 4.78 is 7.37. The van der Waals surface area contributed by atoms with E-state index >= 15 is 0 Å². The Kier molecular flexibility index (Phi) is 6.69. The van der Waals surface area contributed by atoms with Crippen molar-refractivity contribution in [3.8, 4) is 34.8 Å². The highest BCUT2D eigenvalue weighted by Crippen LogP contribution is 2.31. The molecule has 0 saturated carbocycles. The van der Waals surface area contributed by atoms with E-state index in [-0.39, 0.29) is 5.91 Å². The first-order valence-electron chi connectivity index (χ1n) is 12.0. The molecule has 0 radical (unpaired) electrons. The molecule has 184 valence electrons. The molecule has 4 aromatic heterocycles. The topological polar surface area (TPSA) is 99.7 Å². The second-order valence-electron chi connectivity index (χ2n) is 8.48. The summed E-state index contributed by atoms with van der Waals surface area (Å²) >= 11 is 0. The summed E-state index contributed by atoms with van der Waals surface area (Å²) in [6.45, 7) is 6.72. The second-order valence-corrected chi connectivity index (χ2v) is 8.48. The molecule has 37 heavy (non-hydrogen) atoms. The lowest BCUT2D eigenvalue weighted by molar-refractivity contribution is 0.0740. The Hall–Kier alpha value is -4.89. The number of fused-ring (bicyclic) bond motifs is 1. The minimum atomic E-state index is -0.0775. The van der Waals surface area contributed by atoms with Gasteiger partial charge in [0.1, 0.15) is 23.3 Å². The summed E-state index contributed by atoms with van der Waals surface area (Å²) in [5, 5.41) is 13.9. The van der Waals surface area contributed by atoms with E-state index < -0.39 is 0 Å². The van der Waals surface area contributed by atoms with Crippen LogP contribution in [-0.2, 0) is 0 Å². The molecule has 5 heterocycles. The number of amides is 1. The number of nitriles is 1. The number of aromatic nitrogens is 4. The van der Waals surface area contributed by atoms with Crippen LogP contribution in [0.25, 0.3) is 16.6 Å². The average Bonchev–Trinajstić information content (AvgIpc) is 3.36. The highest BCUT2D eigenvalue weighted by atomic mass is 16.5. The van der Waals surface area contributed by atoms with Gasteiger partial charge in [-0.2, -0.15) is 10.4 Å². The molecule has 0 N–H and O–H groups in total. The Balaban J connectivity index is 1.30. The third-order valence-corrected chi connectivity index (χ3v) is 6.22. The van der Waals surface area contributed by atoms with Crippen molar-refractivity contribution in [2.75, 3.05) is 37.7 Å². The SMILES string of the molecule is CC#Cc1ccc(C(=O)N2CCN(c3ccc(-c4cc(OCC)cn5ncc(C#N)c45)cn3)CC2)nc1. The van der Waals surface area contributed by atoms with Crippen molar-refractivity contribution in [2.45, 2.75) is 13.8 Å². The van der Waals surface area contributed by atoms with Crippen LogP contribution in [0.5, 0.6) is 5.75 Å². The van der Waals surface area contributed by atoms with Crippen molar-refractivity contribution in [2.24, 2.45) is 0 Å². The third-order valence-electron chi connectivity index (χ3n) is 6.22. The van der Waals surface area contributed by atoms with E-state index in [1.807, 2.05) is 36.1 Å². The number of hydrogen-bond donors (Lipinski definition) is 0. The molecule has 0 aromatic carbocycles. The fourth-order valence-electron chi connectivity index (χ4n) is 4.42. The fourth-order valence-corrected chi connectivity index (χ4v) is 4.42. The van der Waals surface area contributed by atoms with Crippen molar-refractivity contribution >= 4 is 17.2 Å². The van der Waals surface area contributed by atoms with E-state index in [0.717, 1.165) is 28.0 Å². The number of carbonyl (C=O) groups is 1. The van der Waals surface area contributed by atoms with E-state index in [9.17, 15) is 10.1 Å². The van der Waals surface area contributed by atoms with Gasteiger partial charge in [0.15, 0.2) is 0 Å². The zero-order chi connectivity index (χ0) is 25.8. The molecule has 0 aliphatic carbocycles. The van der Waals surface area contributed by atoms with Crippen molar-refractivity contribution in [1.29, 1.82) is 5.26 Å². The number of pyridine rings is 3. The Labute approximate surface area is 214 Å². The number of rotatable bonds is 5. The van der Waals surface area contributed by atoms with Gasteiger partial charge in [0, 0.05) is 55.3 Å². The maximum Gasteiger partial charge on any atom is 0.272 e. The standard InChI is InChI=1S/C28H25N7O2/c1-3-5-20-6-8-25(30-16-20)28(36)34-12-10-33(11-13-34)26-9-7-21(17-31-26)24-14-23(37-4-2)19-35-27(24)22(15-29)18-32-35/h6-9,14,16-19H,4,10-13H2,1-2H3. The molecule has 1 aliphatic heterocycles. The molecule has 5 rings (SSSR count). The van der Waals surface area contributed by atoms with E-state index in [1.54, 1.807) is 42.3 Å². The Morgan fingerprint density at radius 1 is 1.08 bits per heavy atom. The molecular formula is C28H25N7O2. The number of hydrogen-bond acceptors (Lipinski definition) is 7. The summed E-state index contributed by atoms with van der Waals surface area (Å²) in [6, 6.07) is 11.6. The molecule has 0 spiro atoms. The minimum absolute atomic E-state index is 0.0775. The van der Waals surface area contributed by atoms with Gasteiger partial charge >= 0.3 is 0 Å². The second kappa shape index (κ2) is 10.4. The molecule has 9 nitrogen and oxygen atoms in total. The van der Waals surface area contributed by atoms with Crippen LogP contribution >= 0.6 is 0 Å². The predicted molar refractivity (Wildman–Crippen MR) is 139 cm³/mol. The van der Waals surface area contributed by atoms with Crippen molar-refractivity contribution < 1.29 is 9.53 Å². The minimum Gasteiger partial charge on any atom is -0.492 e. The number of carbonyl (C=O) groups excluding carboxylic acids is 1. The Morgan fingerprint density at radius 2 is 1.92 bits per heavy atom. The lowest BCUT2D eigenvalue weighted by Gasteiger charge is -2.35. The maximum atomic E-state index is 12.9. The lowest BCUT2D eigenvalue weighted by Crippen LogP contribution is -2.49. The van der Waals surface area contributed by atoms with E-state index in [1.165, 1.54) is 0 Å². The number of nitrogens with zero attached hydrogens (tertiary/aromatic N) is 7. The molecule has 1 fully saturated rings. The number of anilines is 1. The molecule has 4 aromatic rings. The maximum absolute atomic E-state index is 12.9. The largest absolute Gasteiger partial charge is 0.492 e. The number of piperazine rings is 1. The fraction of sp³-hybridized carbons (Fsp3) is 0.250. The van der Waals surface area contributed by atoms with Crippen LogP contribution in [0.4, 0.5) is 5.82 Å². The molecule has 0 atom stereocenters. The first-order valence-corrected chi connectivity index (χ1v) is 12.0. The zero-order valence-electron chi connectivity index (χ0n) is 20.7. The van der Waals surface area contributed by atoms with Gasteiger partial charge in [-0.15, -0.1) is 5.92 Å². The van der Waals surface area contributed by atoms with Crippen LogP contribution < -0.4 is 9.64 Å². The first-order chi connectivity index (χ1) is 18.1. The third kappa shape index (κ3) is 4.80. The van der Waals surface area contributed by atoms with Gasteiger partial charge in [0.05, 0.1) is 30.1 Å². The van der Waals surface area contributed by atoms with Crippen LogP contribution in [0.2, 0.25) is 0 Å². The molecule has 1 amide bonds. The van der Waals surface area contributed by atoms with Gasteiger partial charge in [-0.1, -0.05) is 5.92 Å². The van der Waals surface area contributed by atoms with Crippen LogP contribution in [0.3, 0.4) is 0 Å². The smallest absolute Gasteiger partial charge is 0.272 e. The molecular weight excluding hydrogens is 466 g/mol. The molecule has 0 bridgehead atoms. The Bertz CT molecular complexity index is 1530. The van der Waals surface area contributed by atoms with Crippen LogP contribution in [0.1, 0.15) is 35.5 Å². The van der Waals surface area contributed by atoms with E-state index in [0.29, 0.717) is 49.8 Å². The summed E-state index contributed by atoms with van der Waals surface area (Å²) in [4.78, 5) is 25.8. The van der Waals surface area contributed by atoms with E-state index in [2.05, 4.69) is 32.9 Å². The van der Waals surface area contributed by atoms with Crippen molar-refractivity contribution in [3.63, 3.8) is 0 Å². The highest BCUT2D eigenvalue weighted by Gasteiger charge is 2.24. The van der Waals surface area contributed by atoms with Crippen LogP contribution in [0, 0.1) is 23.2 Å². The number of ether oxygens (including phenoxy) is 1. The zero-order valence-corrected chi connectivity index (χ0v) is 20.7. The quantitative estimate of drug-likeness (QED) is 0.395.